The van der Waals surface area contributed by atoms with Gasteiger partial charge in [-0.25, -0.2) is 9.59 Å². The van der Waals surface area contributed by atoms with Gasteiger partial charge < -0.3 is 25.2 Å². The van der Waals surface area contributed by atoms with Crippen LogP contribution in [0.2, 0.25) is 0 Å². The third kappa shape index (κ3) is 6.34. The molecule has 0 saturated carbocycles. The lowest BCUT2D eigenvalue weighted by atomic mass is 9.98. The topological polar surface area (TPSA) is 132 Å². The molecule has 4 aromatic rings. The van der Waals surface area contributed by atoms with Gasteiger partial charge in [0.1, 0.15) is 18.3 Å². The Hall–Kier alpha value is -4.96. The van der Waals surface area contributed by atoms with Crippen LogP contribution in [0.3, 0.4) is 0 Å². The fraction of sp³-hybridized carbons (Fsp3) is 0.250. The third-order valence-corrected chi connectivity index (χ3v) is 7.32. The summed E-state index contributed by atoms with van der Waals surface area (Å²) in [4.78, 5) is 37.7. The van der Waals surface area contributed by atoms with Crippen molar-refractivity contribution in [2.45, 2.75) is 38.1 Å². The minimum Gasteiger partial charge on any atom is -0.477 e. The van der Waals surface area contributed by atoms with E-state index >= 15 is 0 Å². The minimum absolute atomic E-state index is 0.00729. The number of carbonyl (C=O) groups is 3. The molecule has 0 bridgehead atoms. The van der Waals surface area contributed by atoms with Crippen LogP contribution in [0.25, 0.3) is 11.1 Å². The number of benzene rings is 3. The first-order valence-corrected chi connectivity index (χ1v) is 13.6. The van der Waals surface area contributed by atoms with Gasteiger partial charge in [0.15, 0.2) is 0 Å². The molecule has 2 unspecified atom stereocenters. The molecule has 0 radical (unpaired) electrons. The number of hydrogen-bond donors (Lipinski definition) is 3. The number of aromatic nitrogens is 2. The average Bonchev–Trinajstić information content (AvgIpc) is 3.54. The van der Waals surface area contributed by atoms with E-state index in [2.05, 4.69) is 27.9 Å². The Kier molecular flexibility index (Phi) is 8.63. The second-order valence-electron chi connectivity index (χ2n) is 10.1. The Morgan fingerprint density at radius 2 is 1.57 bits per heavy atom. The molecule has 1 aliphatic rings. The molecule has 0 fully saturated rings. The van der Waals surface area contributed by atoms with Crippen LogP contribution in [-0.4, -0.2) is 51.6 Å². The third-order valence-electron chi connectivity index (χ3n) is 7.32. The van der Waals surface area contributed by atoms with Gasteiger partial charge in [0.05, 0.1) is 24.9 Å². The van der Waals surface area contributed by atoms with E-state index < -0.39 is 30.1 Å². The molecule has 3 aromatic carbocycles. The van der Waals surface area contributed by atoms with Crippen molar-refractivity contribution >= 4 is 18.0 Å². The van der Waals surface area contributed by atoms with E-state index in [1.54, 1.807) is 6.92 Å². The number of carbonyl (C=O) groups excluding carboxylic acids is 2. The number of fused-ring (bicyclic) bond motifs is 3. The van der Waals surface area contributed by atoms with Crippen molar-refractivity contribution in [3.05, 3.63) is 113 Å². The van der Waals surface area contributed by atoms with E-state index in [0.29, 0.717) is 5.69 Å². The Bertz CT molecular complexity index is 1540. The molecule has 1 aliphatic carbocycles. The van der Waals surface area contributed by atoms with E-state index in [1.165, 1.54) is 17.8 Å². The van der Waals surface area contributed by atoms with Crippen LogP contribution in [0.5, 0.6) is 0 Å². The summed E-state index contributed by atoms with van der Waals surface area (Å²) in [7, 11) is 1.51. The molecule has 10 nitrogen and oxygen atoms in total. The molecule has 0 saturated heterocycles. The molecule has 1 aromatic heterocycles. The highest BCUT2D eigenvalue weighted by Crippen LogP contribution is 2.44. The van der Waals surface area contributed by atoms with E-state index in [1.807, 2.05) is 66.7 Å². The molecule has 2 amide bonds. The molecule has 1 heterocycles. The number of aromatic carboxylic acids is 1. The summed E-state index contributed by atoms with van der Waals surface area (Å²) in [5, 5.41) is 18.8. The van der Waals surface area contributed by atoms with Gasteiger partial charge in [0.2, 0.25) is 5.91 Å². The Balaban J connectivity index is 1.26. The summed E-state index contributed by atoms with van der Waals surface area (Å²) in [6, 6.07) is 25.9. The first kappa shape index (κ1) is 28.6. The molecule has 0 aliphatic heterocycles. The highest BCUT2D eigenvalue weighted by atomic mass is 16.5. The van der Waals surface area contributed by atoms with Crippen LogP contribution in [0.1, 0.15) is 45.7 Å². The number of carboxylic acids is 1. The first-order valence-electron chi connectivity index (χ1n) is 13.6. The Labute approximate surface area is 243 Å². The number of aryl methyl sites for hydroxylation is 1. The van der Waals surface area contributed by atoms with Gasteiger partial charge >= 0.3 is 12.1 Å². The monoisotopic (exact) mass is 568 g/mol. The fourth-order valence-corrected chi connectivity index (χ4v) is 5.16. The SMILES string of the molecule is CC(OCc1ccccc1)C(NC(=O)OCC1c2ccccc2-c2ccccc21)C(=O)NCc1cc(C(=O)O)n(C)n1. The summed E-state index contributed by atoms with van der Waals surface area (Å²) in [5.41, 5.74) is 5.66. The smallest absolute Gasteiger partial charge is 0.407 e. The number of nitrogens with zero attached hydrogens (tertiary/aromatic N) is 2. The zero-order valence-electron chi connectivity index (χ0n) is 23.3. The standard InChI is InChI=1S/C32H32N4O6/c1-20(41-18-21-10-4-3-5-11-21)29(30(37)33-17-22-16-28(31(38)39)36(2)35-22)34-32(40)42-19-27-25-14-8-6-12-23(25)24-13-7-9-15-26(24)27/h3-16,20,27,29H,17-19H2,1-2H3,(H,33,37)(H,34,40)(H,38,39). The maximum absolute atomic E-state index is 13.3. The predicted molar refractivity (Wildman–Crippen MR) is 155 cm³/mol. The number of nitrogens with one attached hydrogen (secondary N) is 2. The molecule has 0 spiro atoms. The van der Waals surface area contributed by atoms with E-state index in [0.717, 1.165) is 27.8 Å². The van der Waals surface area contributed by atoms with Gasteiger partial charge in [0, 0.05) is 13.0 Å². The van der Waals surface area contributed by atoms with Crippen LogP contribution in [0, 0.1) is 0 Å². The van der Waals surface area contributed by atoms with Crippen molar-refractivity contribution in [3.63, 3.8) is 0 Å². The largest absolute Gasteiger partial charge is 0.477 e. The van der Waals surface area contributed by atoms with Crippen molar-refractivity contribution in [1.82, 2.24) is 20.4 Å². The summed E-state index contributed by atoms with van der Waals surface area (Å²) in [6.45, 7) is 1.99. The quantitative estimate of drug-likeness (QED) is 0.247. The molecule has 5 rings (SSSR count). The van der Waals surface area contributed by atoms with Crippen LogP contribution < -0.4 is 10.6 Å². The number of carboxylic acid groups (broad SMARTS) is 1. The van der Waals surface area contributed by atoms with Gasteiger partial charge in [-0.3, -0.25) is 9.48 Å². The number of hydrogen-bond acceptors (Lipinski definition) is 6. The lowest BCUT2D eigenvalue weighted by Gasteiger charge is -2.25. The summed E-state index contributed by atoms with van der Waals surface area (Å²) in [6.07, 6.45) is -1.47. The van der Waals surface area contributed by atoms with Gasteiger partial charge in [-0.15, -0.1) is 0 Å². The summed E-state index contributed by atoms with van der Waals surface area (Å²) < 4.78 is 12.9. The van der Waals surface area contributed by atoms with Crippen molar-refractivity contribution < 1.29 is 29.0 Å². The molecular weight excluding hydrogens is 536 g/mol. The van der Waals surface area contributed by atoms with Gasteiger partial charge in [-0.05, 0) is 40.8 Å². The van der Waals surface area contributed by atoms with E-state index in [9.17, 15) is 19.5 Å². The molecule has 3 N–H and O–H groups in total. The van der Waals surface area contributed by atoms with Gasteiger partial charge in [0.25, 0.3) is 0 Å². The van der Waals surface area contributed by atoms with E-state index in [4.69, 9.17) is 9.47 Å². The fourth-order valence-electron chi connectivity index (χ4n) is 5.16. The van der Waals surface area contributed by atoms with Crippen LogP contribution in [0.15, 0.2) is 84.9 Å². The highest BCUT2D eigenvalue weighted by molar-refractivity contribution is 5.87. The zero-order chi connectivity index (χ0) is 29.6. The predicted octanol–water partition coefficient (Wildman–Crippen LogP) is 4.25. The zero-order valence-corrected chi connectivity index (χ0v) is 23.3. The van der Waals surface area contributed by atoms with Crippen molar-refractivity contribution in [3.8, 4) is 11.1 Å². The molecule has 42 heavy (non-hydrogen) atoms. The van der Waals surface area contributed by atoms with Crippen molar-refractivity contribution in [2.75, 3.05) is 6.61 Å². The maximum atomic E-state index is 13.3. The van der Waals surface area contributed by atoms with Crippen molar-refractivity contribution in [1.29, 1.82) is 0 Å². The minimum atomic E-state index is -1.12. The molecule has 10 heteroatoms. The van der Waals surface area contributed by atoms with Gasteiger partial charge in [-0.2, -0.15) is 5.10 Å². The number of alkyl carbamates (subject to hydrolysis) is 1. The lowest BCUT2D eigenvalue weighted by Crippen LogP contribution is -2.53. The second kappa shape index (κ2) is 12.7. The second-order valence-corrected chi connectivity index (χ2v) is 10.1. The average molecular weight is 569 g/mol. The van der Waals surface area contributed by atoms with Gasteiger partial charge in [-0.1, -0.05) is 78.9 Å². The number of amides is 2. The Morgan fingerprint density at radius 3 is 2.19 bits per heavy atom. The Morgan fingerprint density at radius 1 is 0.952 bits per heavy atom. The van der Waals surface area contributed by atoms with Crippen LogP contribution in [0.4, 0.5) is 4.79 Å². The molecule has 216 valence electrons. The molecule has 2 atom stereocenters. The highest BCUT2D eigenvalue weighted by Gasteiger charge is 2.31. The summed E-state index contributed by atoms with van der Waals surface area (Å²) >= 11 is 0. The normalized spacial score (nSPS) is 13.5. The summed E-state index contributed by atoms with van der Waals surface area (Å²) in [5.74, 6) is -1.78. The van der Waals surface area contributed by atoms with E-state index in [-0.39, 0.29) is 31.4 Å². The lowest BCUT2D eigenvalue weighted by molar-refractivity contribution is -0.127. The number of ether oxygens (including phenoxy) is 2. The first-order chi connectivity index (χ1) is 20.3. The maximum Gasteiger partial charge on any atom is 0.407 e. The number of rotatable bonds is 11. The molecular formula is C32H32N4O6. The van der Waals surface area contributed by atoms with Crippen LogP contribution >= 0.6 is 0 Å². The van der Waals surface area contributed by atoms with Crippen molar-refractivity contribution in [2.24, 2.45) is 7.05 Å². The van der Waals surface area contributed by atoms with Crippen LogP contribution in [-0.2, 0) is 34.5 Å².